The third-order valence-electron chi connectivity index (χ3n) is 5.09. The van der Waals surface area contributed by atoms with Crippen LogP contribution < -0.4 is 11.1 Å². The van der Waals surface area contributed by atoms with Crippen molar-refractivity contribution in [2.45, 2.75) is 95.1 Å². The van der Waals surface area contributed by atoms with Crippen molar-refractivity contribution in [1.29, 1.82) is 0 Å². The lowest BCUT2D eigenvalue weighted by atomic mass is 9.98. The first-order chi connectivity index (χ1) is 15.6. The molecule has 6 atom stereocenters. The molecule has 0 bridgehead atoms. The van der Waals surface area contributed by atoms with Crippen LogP contribution in [0, 0.1) is 0 Å². The van der Waals surface area contributed by atoms with Crippen molar-refractivity contribution in [3.63, 3.8) is 0 Å². The summed E-state index contributed by atoms with van der Waals surface area (Å²) >= 11 is 0. The first-order valence-electron chi connectivity index (χ1n) is 10.6. The van der Waals surface area contributed by atoms with E-state index in [-0.39, 0.29) is 30.3 Å². The van der Waals surface area contributed by atoms with Crippen LogP contribution in [-0.2, 0) is 38.1 Å². The minimum atomic E-state index is -5.08. The van der Waals surface area contributed by atoms with E-state index in [0.29, 0.717) is 19.3 Å². The molecule has 14 heteroatoms. The summed E-state index contributed by atoms with van der Waals surface area (Å²) in [6.45, 7) is 5.26. The number of unbranched alkanes of at least 4 members (excludes halogenated alkanes) is 1. The molecule has 2 fully saturated rings. The molecule has 11 nitrogen and oxygen atoms in total. The van der Waals surface area contributed by atoms with E-state index in [1.54, 1.807) is 14.0 Å². The van der Waals surface area contributed by atoms with E-state index < -0.39 is 36.2 Å². The van der Waals surface area contributed by atoms with Crippen LogP contribution in [0.1, 0.15) is 46.5 Å². The number of nitrogens with one attached hydrogen (secondary N) is 1. The van der Waals surface area contributed by atoms with Crippen molar-refractivity contribution in [2.24, 2.45) is 5.73 Å². The van der Waals surface area contributed by atoms with E-state index in [1.165, 1.54) is 7.11 Å². The SMILES string of the molecule is COC(=O)[C@H](C)NC(=O)CCCC[C@H](N)[C@H]1O[C@@H]2OC(C)(C)O[C@@H]2[C@H]1OC.O=C(O)C(F)(F)F. The van der Waals surface area contributed by atoms with Gasteiger partial charge in [0.25, 0.3) is 0 Å². The number of carbonyl (C=O) groups excluding carboxylic acids is 2. The molecule has 0 saturated carbocycles. The molecule has 0 spiro atoms. The number of carboxylic acids is 1. The summed E-state index contributed by atoms with van der Waals surface area (Å²) < 4.78 is 59.4. The molecule has 0 unspecified atom stereocenters. The quantitative estimate of drug-likeness (QED) is 0.308. The highest BCUT2D eigenvalue weighted by atomic mass is 19.4. The number of carboxylic acid groups (broad SMARTS) is 1. The highest BCUT2D eigenvalue weighted by Crippen LogP contribution is 2.39. The number of amides is 1. The molecule has 0 radical (unpaired) electrons. The second-order valence-corrected chi connectivity index (χ2v) is 8.29. The summed E-state index contributed by atoms with van der Waals surface area (Å²) in [7, 11) is 2.90. The number of hydrogen-bond acceptors (Lipinski definition) is 9. The number of halogens is 3. The number of carbonyl (C=O) groups is 3. The highest BCUT2D eigenvalue weighted by Gasteiger charge is 2.56. The Hall–Kier alpha value is -2.00. The monoisotopic (exact) mass is 502 g/mol. The van der Waals surface area contributed by atoms with E-state index >= 15 is 0 Å². The third kappa shape index (κ3) is 8.98. The number of hydrogen-bond donors (Lipinski definition) is 3. The van der Waals surface area contributed by atoms with Crippen LogP contribution >= 0.6 is 0 Å². The van der Waals surface area contributed by atoms with Gasteiger partial charge >= 0.3 is 18.1 Å². The number of fused-ring (bicyclic) bond motifs is 1. The molecule has 2 aliphatic rings. The maximum absolute atomic E-state index is 11.8. The molecule has 0 aromatic heterocycles. The average molecular weight is 502 g/mol. The topological polar surface area (TPSA) is 156 Å². The van der Waals surface area contributed by atoms with Gasteiger partial charge in [-0.3, -0.25) is 4.79 Å². The summed E-state index contributed by atoms with van der Waals surface area (Å²) in [6, 6.07) is -0.907. The Labute approximate surface area is 195 Å². The fourth-order valence-electron chi connectivity index (χ4n) is 3.50. The average Bonchev–Trinajstić information content (AvgIpc) is 3.21. The number of alkyl halides is 3. The van der Waals surface area contributed by atoms with E-state index in [9.17, 15) is 22.8 Å². The Bertz CT molecular complexity index is 705. The molecule has 1 amide bonds. The van der Waals surface area contributed by atoms with E-state index in [0.717, 1.165) is 6.42 Å². The summed E-state index contributed by atoms with van der Waals surface area (Å²) in [5.41, 5.74) is 6.29. The standard InChI is InChI=1S/C18H32N2O7.C2HF3O2/c1-10(16(22)24-5)20-12(21)9-7-6-8-11(19)13-14(23-4)15-17(25-13)27-18(2,3)26-15;3-2(4,5)1(6)7/h10-11,13-15,17H,6-9,19H2,1-5H3,(H,20,21);(H,6,7)/t10-,11-,13+,14-,15+,17+;/m0./s1. The minimum absolute atomic E-state index is 0.188. The number of esters is 1. The molecule has 2 rings (SSSR count). The summed E-state index contributed by atoms with van der Waals surface area (Å²) in [5, 5.41) is 9.73. The van der Waals surface area contributed by atoms with Gasteiger partial charge in [-0.2, -0.15) is 13.2 Å². The fraction of sp³-hybridized carbons (Fsp3) is 0.850. The van der Waals surface area contributed by atoms with Crippen LogP contribution in [0.4, 0.5) is 13.2 Å². The zero-order valence-corrected chi connectivity index (χ0v) is 19.7. The predicted molar refractivity (Wildman–Crippen MR) is 109 cm³/mol. The summed E-state index contributed by atoms with van der Waals surface area (Å²) in [4.78, 5) is 32.0. The lowest BCUT2D eigenvalue weighted by Gasteiger charge is -2.28. The van der Waals surface area contributed by atoms with Gasteiger partial charge in [-0.25, -0.2) is 9.59 Å². The Morgan fingerprint density at radius 2 is 1.76 bits per heavy atom. The van der Waals surface area contributed by atoms with Crippen molar-refractivity contribution >= 4 is 17.8 Å². The van der Waals surface area contributed by atoms with Crippen LogP contribution in [0.15, 0.2) is 0 Å². The van der Waals surface area contributed by atoms with Crippen molar-refractivity contribution in [3.8, 4) is 0 Å². The molecule has 0 aliphatic carbocycles. The first-order valence-corrected chi connectivity index (χ1v) is 10.6. The number of nitrogens with two attached hydrogens (primary N) is 1. The number of rotatable bonds is 9. The Kier molecular flexibility index (Phi) is 11.2. The zero-order valence-electron chi connectivity index (χ0n) is 19.7. The van der Waals surface area contributed by atoms with E-state index in [1.807, 2.05) is 13.8 Å². The highest BCUT2D eigenvalue weighted by molar-refractivity contribution is 5.83. The van der Waals surface area contributed by atoms with E-state index in [4.69, 9.17) is 34.6 Å². The zero-order chi connectivity index (χ0) is 26.3. The lowest BCUT2D eigenvalue weighted by molar-refractivity contribution is -0.219. The Morgan fingerprint density at radius 3 is 2.26 bits per heavy atom. The molecule has 198 valence electrons. The third-order valence-corrected chi connectivity index (χ3v) is 5.09. The molecular formula is C20H33F3N2O9. The minimum Gasteiger partial charge on any atom is -0.475 e. The molecule has 0 aromatic carbocycles. The number of methoxy groups -OCH3 is 2. The normalized spacial score (nSPS) is 27.1. The van der Waals surface area contributed by atoms with E-state index in [2.05, 4.69) is 10.1 Å². The van der Waals surface area contributed by atoms with Gasteiger partial charge in [0.1, 0.15) is 24.4 Å². The number of ether oxygens (including phenoxy) is 5. The van der Waals surface area contributed by atoms with Gasteiger partial charge in [-0.15, -0.1) is 0 Å². The van der Waals surface area contributed by atoms with Crippen molar-refractivity contribution in [1.82, 2.24) is 5.32 Å². The maximum atomic E-state index is 11.8. The molecule has 2 aliphatic heterocycles. The van der Waals surface area contributed by atoms with Crippen molar-refractivity contribution < 1.29 is 56.3 Å². The second kappa shape index (κ2) is 12.6. The van der Waals surface area contributed by atoms with Crippen LogP contribution in [0.25, 0.3) is 0 Å². The van der Waals surface area contributed by atoms with Crippen LogP contribution in [0.2, 0.25) is 0 Å². The van der Waals surface area contributed by atoms with Gasteiger partial charge in [0.2, 0.25) is 5.91 Å². The summed E-state index contributed by atoms with van der Waals surface area (Å²) in [6.07, 6.45) is -4.08. The van der Waals surface area contributed by atoms with Gasteiger partial charge in [0, 0.05) is 19.6 Å². The molecular weight excluding hydrogens is 469 g/mol. The van der Waals surface area contributed by atoms with Crippen LogP contribution in [0.5, 0.6) is 0 Å². The van der Waals surface area contributed by atoms with Crippen molar-refractivity contribution in [3.05, 3.63) is 0 Å². The Morgan fingerprint density at radius 1 is 1.18 bits per heavy atom. The van der Waals surface area contributed by atoms with Gasteiger partial charge in [-0.1, -0.05) is 6.42 Å². The molecule has 34 heavy (non-hydrogen) atoms. The summed E-state index contributed by atoms with van der Waals surface area (Å²) in [5.74, 6) is -4.11. The largest absolute Gasteiger partial charge is 0.490 e. The second-order valence-electron chi connectivity index (χ2n) is 8.29. The Balaban J connectivity index is 0.000000718. The van der Waals surface area contributed by atoms with Crippen LogP contribution in [0.3, 0.4) is 0 Å². The van der Waals surface area contributed by atoms with Crippen molar-refractivity contribution in [2.75, 3.05) is 14.2 Å². The number of aliphatic carboxylic acids is 1. The lowest BCUT2D eigenvalue weighted by Crippen LogP contribution is -2.46. The molecule has 2 heterocycles. The van der Waals surface area contributed by atoms with Gasteiger partial charge in [-0.05, 0) is 33.6 Å². The molecule has 0 aromatic rings. The van der Waals surface area contributed by atoms with Gasteiger partial charge in [0.05, 0.1) is 7.11 Å². The maximum Gasteiger partial charge on any atom is 0.490 e. The molecule has 4 N–H and O–H groups in total. The first kappa shape index (κ1) is 30.0. The fourth-order valence-corrected chi connectivity index (χ4v) is 3.50. The van der Waals surface area contributed by atoms with Gasteiger partial charge < -0.3 is 39.8 Å². The van der Waals surface area contributed by atoms with Gasteiger partial charge in [0.15, 0.2) is 12.1 Å². The smallest absolute Gasteiger partial charge is 0.475 e. The molecule has 2 saturated heterocycles. The predicted octanol–water partition coefficient (Wildman–Crippen LogP) is 1.08. The van der Waals surface area contributed by atoms with Crippen LogP contribution in [-0.4, -0.2) is 85.8 Å².